The van der Waals surface area contributed by atoms with Crippen LogP contribution in [0.25, 0.3) is 11.3 Å². The van der Waals surface area contributed by atoms with Crippen LogP contribution in [0, 0.1) is 5.82 Å². The second kappa shape index (κ2) is 5.07. The Kier molecular flexibility index (Phi) is 3.51. The monoisotopic (exact) mass is 234 g/mol. The first-order valence-electron chi connectivity index (χ1n) is 5.02. The Hall–Kier alpha value is -1.42. The maximum absolute atomic E-state index is 12.7. The molecule has 0 atom stereocenters. The number of halogens is 1. The number of thioether (sulfide) groups is 1. The van der Waals surface area contributed by atoms with Crippen molar-refractivity contribution in [3.8, 4) is 11.3 Å². The highest BCUT2D eigenvalue weighted by molar-refractivity contribution is 7.99. The molecule has 2 rings (SSSR count). The molecule has 2 nitrogen and oxygen atoms in total. The second-order valence-electron chi connectivity index (χ2n) is 3.20. The van der Waals surface area contributed by atoms with Crippen molar-refractivity contribution in [2.24, 2.45) is 0 Å². The fraction of sp³-hybridized carbons (Fsp3) is 0.167. The third-order valence-corrected chi connectivity index (χ3v) is 2.87. The normalized spacial score (nSPS) is 10.4. The number of hydrogen-bond acceptors (Lipinski definition) is 3. The molecule has 1 aromatic heterocycles. The summed E-state index contributed by atoms with van der Waals surface area (Å²) in [5, 5.41) is 9.10. The van der Waals surface area contributed by atoms with E-state index >= 15 is 0 Å². The van der Waals surface area contributed by atoms with E-state index in [2.05, 4.69) is 17.1 Å². The summed E-state index contributed by atoms with van der Waals surface area (Å²) in [6, 6.07) is 10.1. The lowest BCUT2D eigenvalue weighted by atomic mass is 10.1. The van der Waals surface area contributed by atoms with E-state index in [1.807, 2.05) is 12.1 Å². The summed E-state index contributed by atoms with van der Waals surface area (Å²) in [6.45, 7) is 2.07. The van der Waals surface area contributed by atoms with Crippen LogP contribution in [0.15, 0.2) is 41.4 Å². The van der Waals surface area contributed by atoms with Crippen molar-refractivity contribution in [3.05, 3.63) is 42.2 Å². The Balaban J connectivity index is 2.24. The van der Waals surface area contributed by atoms with Crippen molar-refractivity contribution < 1.29 is 4.39 Å². The van der Waals surface area contributed by atoms with Gasteiger partial charge in [0, 0.05) is 5.56 Å². The van der Waals surface area contributed by atoms with Crippen molar-refractivity contribution >= 4 is 11.8 Å². The van der Waals surface area contributed by atoms with Crippen LogP contribution in [0.3, 0.4) is 0 Å². The van der Waals surface area contributed by atoms with E-state index in [1.165, 1.54) is 12.1 Å². The first-order valence-corrected chi connectivity index (χ1v) is 6.00. The molecule has 16 heavy (non-hydrogen) atoms. The maximum atomic E-state index is 12.7. The van der Waals surface area contributed by atoms with Crippen LogP contribution in [0.1, 0.15) is 6.92 Å². The van der Waals surface area contributed by atoms with Gasteiger partial charge in [-0.3, -0.25) is 0 Å². The summed E-state index contributed by atoms with van der Waals surface area (Å²) < 4.78 is 12.7. The molecule has 0 saturated carbocycles. The molecule has 1 heterocycles. The van der Waals surface area contributed by atoms with Crippen molar-refractivity contribution in [2.45, 2.75) is 11.9 Å². The van der Waals surface area contributed by atoms with Crippen LogP contribution in [0.2, 0.25) is 0 Å². The van der Waals surface area contributed by atoms with Crippen LogP contribution in [-0.2, 0) is 0 Å². The predicted octanol–water partition coefficient (Wildman–Crippen LogP) is 3.39. The molecule has 0 radical (unpaired) electrons. The zero-order chi connectivity index (χ0) is 11.4. The van der Waals surface area contributed by atoms with Gasteiger partial charge in [0.15, 0.2) is 0 Å². The standard InChI is InChI=1S/C12H11FN2S/c1-2-16-12-8-7-11(14-15-12)9-3-5-10(13)6-4-9/h3-8H,2H2,1H3. The first kappa shape index (κ1) is 11.1. The summed E-state index contributed by atoms with van der Waals surface area (Å²) in [7, 11) is 0. The Bertz CT molecular complexity index is 453. The quantitative estimate of drug-likeness (QED) is 0.761. The molecule has 0 saturated heterocycles. The highest BCUT2D eigenvalue weighted by Gasteiger charge is 2.01. The average Bonchev–Trinajstić information content (AvgIpc) is 2.32. The fourth-order valence-corrected chi connectivity index (χ4v) is 1.88. The SMILES string of the molecule is CCSc1ccc(-c2ccc(F)cc2)nn1. The molecule has 82 valence electrons. The van der Waals surface area contributed by atoms with E-state index < -0.39 is 0 Å². The van der Waals surface area contributed by atoms with Crippen molar-refractivity contribution in [1.29, 1.82) is 0 Å². The van der Waals surface area contributed by atoms with E-state index in [-0.39, 0.29) is 5.82 Å². The lowest BCUT2D eigenvalue weighted by molar-refractivity contribution is 0.628. The second-order valence-corrected chi connectivity index (χ2v) is 4.48. The third kappa shape index (κ3) is 2.58. The molecule has 4 heteroatoms. The zero-order valence-electron chi connectivity index (χ0n) is 8.85. The Morgan fingerprint density at radius 2 is 1.81 bits per heavy atom. The van der Waals surface area contributed by atoms with Crippen LogP contribution in [0.4, 0.5) is 4.39 Å². The minimum atomic E-state index is -0.241. The molecule has 0 bridgehead atoms. The summed E-state index contributed by atoms with van der Waals surface area (Å²) in [5.41, 5.74) is 1.64. The van der Waals surface area contributed by atoms with Crippen LogP contribution in [0.5, 0.6) is 0 Å². The lowest BCUT2D eigenvalue weighted by Crippen LogP contribution is -1.89. The van der Waals surface area contributed by atoms with Gasteiger partial charge < -0.3 is 0 Å². The lowest BCUT2D eigenvalue weighted by Gasteiger charge is -2.01. The van der Waals surface area contributed by atoms with Gasteiger partial charge in [-0.05, 0) is 42.2 Å². The van der Waals surface area contributed by atoms with Gasteiger partial charge in [0.2, 0.25) is 0 Å². The van der Waals surface area contributed by atoms with Gasteiger partial charge in [0.25, 0.3) is 0 Å². The Labute approximate surface area is 97.9 Å². The highest BCUT2D eigenvalue weighted by atomic mass is 32.2. The van der Waals surface area contributed by atoms with E-state index in [9.17, 15) is 4.39 Å². The molecule has 0 amide bonds. The average molecular weight is 234 g/mol. The van der Waals surface area contributed by atoms with Gasteiger partial charge >= 0.3 is 0 Å². The zero-order valence-corrected chi connectivity index (χ0v) is 9.67. The van der Waals surface area contributed by atoms with Crippen molar-refractivity contribution in [2.75, 3.05) is 5.75 Å². The molecule has 0 spiro atoms. The molecule has 0 aliphatic rings. The topological polar surface area (TPSA) is 25.8 Å². The van der Waals surface area contributed by atoms with Gasteiger partial charge in [-0.25, -0.2) is 4.39 Å². The van der Waals surface area contributed by atoms with Crippen LogP contribution >= 0.6 is 11.8 Å². The van der Waals surface area contributed by atoms with E-state index in [0.29, 0.717) is 0 Å². The van der Waals surface area contributed by atoms with E-state index in [0.717, 1.165) is 22.0 Å². The first-order chi connectivity index (χ1) is 7.79. The highest BCUT2D eigenvalue weighted by Crippen LogP contribution is 2.19. The van der Waals surface area contributed by atoms with E-state index in [1.54, 1.807) is 23.9 Å². The van der Waals surface area contributed by atoms with Gasteiger partial charge in [-0.15, -0.1) is 22.0 Å². The number of rotatable bonds is 3. The molecule has 0 N–H and O–H groups in total. The number of hydrogen-bond donors (Lipinski definition) is 0. The predicted molar refractivity (Wildman–Crippen MR) is 63.8 cm³/mol. The third-order valence-electron chi connectivity index (χ3n) is 2.07. The molecular formula is C12H11FN2S. The van der Waals surface area contributed by atoms with Gasteiger partial charge in [0.1, 0.15) is 10.8 Å². The minimum Gasteiger partial charge on any atom is -0.207 e. The Morgan fingerprint density at radius 1 is 1.06 bits per heavy atom. The van der Waals surface area contributed by atoms with Crippen LogP contribution in [-0.4, -0.2) is 16.0 Å². The largest absolute Gasteiger partial charge is 0.207 e. The molecule has 1 aromatic carbocycles. The summed E-state index contributed by atoms with van der Waals surface area (Å²) in [6.07, 6.45) is 0. The van der Waals surface area contributed by atoms with E-state index in [4.69, 9.17) is 0 Å². The van der Waals surface area contributed by atoms with Crippen LogP contribution < -0.4 is 0 Å². The summed E-state index contributed by atoms with van der Waals surface area (Å²) in [4.78, 5) is 0. The molecule has 0 fully saturated rings. The number of aromatic nitrogens is 2. The van der Waals surface area contributed by atoms with Crippen molar-refractivity contribution in [1.82, 2.24) is 10.2 Å². The molecular weight excluding hydrogens is 223 g/mol. The minimum absolute atomic E-state index is 0.241. The van der Waals surface area contributed by atoms with Gasteiger partial charge in [-0.1, -0.05) is 6.92 Å². The molecule has 0 aliphatic heterocycles. The number of benzene rings is 1. The smallest absolute Gasteiger partial charge is 0.123 e. The Morgan fingerprint density at radius 3 is 2.38 bits per heavy atom. The molecule has 0 aliphatic carbocycles. The fourth-order valence-electron chi connectivity index (χ4n) is 1.32. The molecule has 0 unspecified atom stereocenters. The maximum Gasteiger partial charge on any atom is 0.123 e. The van der Waals surface area contributed by atoms with Crippen molar-refractivity contribution in [3.63, 3.8) is 0 Å². The summed E-state index contributed by atoms with van der Waals surface area (Å²) in [5.74, 6) is 0.736. The van der Waals surface area contributed by atoms with Gasteiger partial charge in [0.05, 0.1) is 5.69 Å². The summed E-state index contributed by atoms with van der Waals surface area (Å²) >= 11 is 1.65. The molecule has 2 aromatic rings. The number of nitrogens with zero attached hydrogens (tertiary/aromatic N) is 2. The van der Waals surface area contributed by atoms with Gasteiger partial charge in [-0.2, -0.15) is 0 Å².